The van der Waals surface area contributed by atoms with Gasteiger partial charge in [0, 0.05) is 0 Å². The van der Waals surface area contributed by atoms with Gasteiger partial charge in [0.1, 0.15) is 0 Å². The lowest BCUT2D eigenvalue weighted by Crippen LogP contribution is -1.95. The highest BCUT2D eigenvalue weighted by Gasteiger charge is 1.99. The molecule has 0 aromatic heterocycles. The third-order valence-corrected chi connectivity index (χ3v) is 0.923. The van der Waals surface area contributed by atoms with Crippen LogP contribution in [0.1, 0.15) is 26.2 Å². The molecule has 0 heterocycles. The van der Waals surface area contributed by atoms with Crippen molar-refractivity contribution < 1.29 is 9.90 Å². The van der Waals surface area contributed by atoms with Gasteiger partial charge in [0.05, 0.1) is 0 Å². The summed E-state index contributed by atoms with van der Waals surface area (Å²) in [5.41, 5.74) is 0. The SMILES string of the molecule is CCCC[C](O)C=O. The Morgan fingerprint density at radius 1 is 1.75 bits per heavy atom. The molecule has 0 aromatic carbocycles. The van der Waals surface area contributed by atoms with Gasteiger partial charge in [-0.15, -0.1) is 0 Å². The van der Waals surface area contributed by atoms with Crippen molar-refractivity contribution in [2.75, 3.05) is 0 Å². The zero-order valence-corrected chi connectivity index (χ0v) is 5.05. The highest BCUT2D eigenvalue weighted by Crippen LogP contribution is 2.02. The molecule has 0 atom stereocenters. The van der Waals surface area contributed by atoms with Crippen LogP contribution in [0.3, 0.4) is 0 Å². The van der Waals surface area contributed by atoms with Crippen LogP contribution in [0.2, 0.25) is 0 Å². The van der Waals surface area contributed by atoms with E-state index < -0.39 is 0 Å². The fourth-order valence-electron chi connectivity index (χ4n) is 0.417. The first-order chi connectivity index (χ1) is 3.81. The summed E-state index contributed by atoms with van der Waals surface area (Å²) in [6.07, 6.45) is 2.89. The van der Waals surface area contributed by atoms with Crippen molar-refractivity contribution in [1.82, 2.24) is 0 Å². The van der Waals surface area contributed by atoms with Crippen LogP contribution in [0.25, 0.3) is 0 Å². The van der Waals surface area contributed by atoms with Gasteiger partial charge in [0.15, 0.2) is 12.4 Å². The highest BCUT2D eigenvalue weighted by molar-refractivity contribution is 5.64. The molecule has 0 saturated heterocycles. The lowest BCUT2D eigenvalue weighted by atomic mass is 10.2. The van der Waals surface area contributed by atoms with Crippen molar-refractivity contribution in [3.8, 4) is 0 Å². The number of unbranched alkanes of at least 4 members (excludes halogenated alkanes) is 1. The van der Waals surface area contributed by atoms with Gasteiger partial charge in [-0.05, 0) is 6.42 Å². The number of rotatable bonds is 4. The molecule has 1 radical (unpaired) electrons. The van der Waals surface area contributed by atoms with Crippen molar-refractivity contribution in [2.24, 2.45) is 0 Å². The Kier molecular flexibility index (Phi) is 4.56. The molecule has 0 spiro atoms. The molecule has 47 valence electrons. The van der Waals surface area contributed by atoms with E-state index in [1.807, 2.05) is 6.92 Å². The van der Waals surface area contributed by atoms with Gasteiger partial charge < -0.3 is 9.90 Å². The minimum Gasteiger partial charge on any atom is -0.379 e. The first kappa shape index (κ1) is 7.63. The smallest absolute Gasteiger partial charge is 0.155 e. The molecule has 0 aliphatic carbocycles. The summed E-state index contributed by atoms with van der Waals surface area (Å²) in [6, 6.07) is 0. The maximum Gasteiger partial charge on any atom is 0.155 e. The number of aldehydes is 1. The predicted molar refractivity (Wildman–Crippen MR) is 30.8 cm³/mol. The van der Waals surface area contributed by atoms with Gasteiger partial charge in [-0.2, -0.15) is 0 Å². The average molecular weight is 115 g/mol. The van der Waals surface area contributed by atoms with E-state index in [4.69, 9.17) is 5.11 Å². The fraction of sp³-hybridized carbons (Fsp3) is 0.667. The third kappa shape index (κ3) is 3.81. The van der Waals surface area contributed by atoms with Crippen molar-refractivity contribution >= 4 is 6.29 Å². The summed E-state index contributed by atoms with van der Waals surface area (Å²) in [4.78, 5) is 9.72. The molecule has 0 rings (SSSR count). The second-order valence-electron chi connectivity index (χ2n) is 1.71. The molecule has 0 saturated carbocycles. The molecule has 0 fully saturated rings. The van der Waals surface area contributed by atoms with Crippen LogP contribution in [0.4, 0.5) is 0 Å². The Balaban J connectivity index is 2.98. The first-order valence-electron chi connectivity index (χ1n) is 2.81. The topological polar surface area (TPSA) is 37.3 Å². The summed E-state index contributed by atoms with van der Waals surface area (Å²) in [5, 5.41) is 8.54. The Bertz CT molecular complexity index is 61.5. The summed E-state index contributed by atoms with van der Waals surface area (Å²) in [6.45, 7) is 2.01. The molecule has 0 aliphatic heterocycles. The molecule has 0 amide bonds. The van der Waals surface area contributed by atoms with Crippen LogP contribution in [0.15, 0.2) is 0 Å². The van der Waals surface area contributed by atoms with Crippen LogP contribution in [0.5, 0.6) is 0 Å². The van der Waals surface area contributed by atoms with Gasteiger partial charge in [-0.1, -0.05) is 19.8 Å². The fourth-order valence-corrected chi connectivity index (χ4v) is 0.417. The largest absolute Gasteiger partial charge is 0.379 e. The van der Waals surface area contributed by atoms with Gasteiger partial charge in [0.25, 0.3) is 0 Å². The molecule has 2 heteroatoms. The van der Waals surface area contributed by atoms with E-state index in [1.165, 1.54) is 0 Å². The van der Waals surface area contributed by atoms with Crippen molar-refractivity contribution in [3.63, 3.8) is 0 Å². The second kappa shape index (κ2) is 4.78. The zero-order chi connectivity index (χ0) is 6.41. The van der Waals surface area contributed by atoms with Gasteiger partial charge >= 0.3 is 0 Å². The zero-order valence-electron chi connectivity index (χ0n) is 5.05. The Hall–Kier alpha value is -0.370. The van der Waals surface area contributed by atoms with E-state index in [1.54, 1.807) is 0 Å². The summed E-state index contributed by atoms with van der Waals surface area (Å²) < 4.78 is 0. The Labute approximate surface area is 49.5 Å². The number of aliphatic hydroxyl groups excluding tert-OH is 1. The summed E-state index contributed by atoms with van der Waals surface area (Å²) in [5.74, 6) is 0. The van der Waals surface area contributed by atoms with Crippen molar-refractivity contribution in [2.45, 2.75) is 26.2 Å². The number of aliphatic hydroxyl groups is 1. The molecule has 0 unspecified atom stereocenters. The molecule has 1 N–H and O–H groups in total. The summed E-state index contributed by atoms with van der Waals surface area (Å²) in [7, 11) is 0. The lowest BCUT2D eigenvalue weighted by molar-refractivity contribution is -0.110. The minimum atomic E-state index is -0.0353. The first-order valence-corrected chi connectivity index (χ1v) is 2.81. The number of hydrogen-bond donors (Lipinski definition) is 1. The van der Waals surface area contributed by atoms with E-state index in [0.717, 1.165) is 12.8 Å². The Morgan fingerprint density at radius 3 is 2.75 bits per heavy atom. The van der Waals surface area contributed by atoms with E-state index in [0.29, 0.717) is 12.7 Å². The summed E-state index contributed by atoms with van der Waals surface area (Å²) >= 11 is 0. The van der Waals surface area contributed by atoms with Gasteiger partial charge in [-0.3, -0.25) is 0 Å². The minimum absolute atomic E-state index is 0.0353. The molecule has 2 nitrogen and oxygen atoms in total. The van der Waals surface area contributed by atoms with E-state index in [9.17, 15) is 4.79 Å². The number of carbonyl (C=O) groups is 1. The number of carbonyl (C=O) groups excluding carboxylic acids is 1. The van der Waals surface area contributed by atoms with Crippen molar-refractivity contribution in [1.29, 1.82) is 0 Å². The molecule has 0 aromatic rings. The molecular formula is C6H11O2. The van der Waals surface area contributed by atoms with Crippen LogP contribution in [0, 0.1) is 6.10 Å². The van der Waals surface area contributed by atoms with Gasteiger partial charge in [-0.25, -0.2) is 0 Å². The molecule has 0 bridgehead atoms. The quantitative estimate of drug-likeness (QED) is 0.560. The monoisotopic (exact) mass is 115 g/mol. The maximum absolute atomic E-state index is 9.72. The normalized spacial score (nSPS) is 9.88. The second-order valence-corrected chi connectivity index (χ2v) is 1.71. The lowest BCUT2D eigenvalue weighted by Gasteiger charge is -1.95. The van der Waals surface area contributed by atoms with E-state index in [-0.39, 0.29) is 6.10 Å². The maximum atomic E-state index is 9.72. The van der Waals surface area contributed by atoms with Gasteiger partial charge in [0.2, 0.25) is 0 Å². The molecule has 0 aliphatic rings. The number of hydrogen-bond acceptors (Lipinski definition) is 2. The van der Waals surface area contributed by atoms with Crippen LogP contribution < -0.4 is 0 Å². The van der Waals surface area contributed by atoms with Crippen LogP contribution in [-0.4, -0.2) is 11.4 Å². The average Bonchev–Trinajstić information content (AvgIpc) is 1.83. The van der Waals surface area contributed by atoms with Crippen LogP contribution >= 0.6 is 0 Å². The van der Waals surface area contributed by atoms with Crippen molar-refractivity contribution in [3.05, 3.63) is 6.10 Å². The molecule has 8 heavy (non-hydrogen) atoms. The standard InChI is InChI=1S/C6H11O2/c1-2-3-4-6(8)5-7/h5,8H,2-4H2,1H3. The predicted octanol–water partition coefficient (Wildman–Crippen LogP) is 1.28. The highest BCUT2D eigenvalue weighted by atomic mass is 16.3. The van der Waals surface area contributed by atoms with E-state index in [2.05, 4.69) is 0 Å². The third-order valence-electron chi connectivity index (χ3n) is 0.923. The van der Waals surface area contributed by atoms with E-state index >= 15 is 0 Å². The molecular weight excluding hydrogens is 104 g/mol. The van der Waals surface area contributed by atoms with Crippen LogP contribution in [-0.2, 0) is 4.79 Å². The Morgan fingerprint density at radius 2 is 2.38 bits per heavy atom.